The lowest BCUT2D eigenvalue weighted by molar-refractivity contribution is 0.100. The van der Waals surface area contributed by atoms with Gasteiger partial charge >= 0.3 is 0 Å². The molecule has 6 nitrogen and oxygen atoms in total. The van der Waals surface area contributed by atoms with Crippen molar-refractivity contribution in [3.63, 3.8) is 0 Å². The SMILES string of the molecule is CC(Nc1cccc(C(N)=O)c1)c1cc2cc(Cl)cnc2[nH]c1=O. The van der Waals surface area contributed by atoms with Crippen LogP contribution in [0.5, 0.6) is 0 Å². The molecule has 2 heterocycles. The van der Waals surface area contributed by atoms with Crippen LogP contribution >= 0.6 is 11.6 Å². The Morgan fingerprint density at radius 2 is 2.12 bits per heavy atom. The fourth-order valence-corrected chi connectivity index (χ4v) is 2.66. The van der Waals surface area contributed by atoms with E-state index in [-0.39, 0.29) is 11.6 Å². The number of nitrogens with zero attached hydrogens (tertiary/aromatic N) is 1. The monoisotopic (exact) mass is 342 g/mol. The number of pyridine rings is 2. The summed E-state index contributed by atoms with van der Waals surface area (Å²) in [5, 5.41) is 4.43. The van der Waals surface area contributed by atoms with E-state index in [9.17, 15) is 9.59 Å². The normalized spacial score (nSPS) is 12.1. The van der Waals surface area contributed by atoms with Crippen molar-refractivity contribution < 1.29 is 4.79 Å². The molecule has 3 rings (SSSR count). The van der Waals surface area contributed by atoms with E-state index in [1.54, 1.807) is 36.4 Å². The molecule has 7 heteroatoms. The third kappa shape index (κ3) is 3.23. The number of amides is 1. The average molecular weight is 343 g/mol. The molecule has 1 amide bonds. The second-order valence-corrected chi connectivity index (χ2v) is 5.89. The third-order valence-corrected chi connectivity index (χ3v) is 3.89. The molecule has 122 valence electrons. The van der Waals surface area contributed by atoms with Gasteiger partial charge in [-0.2, -0.15) is 0 Å². The van der Waals surface area contributed by atoms with E-state index in [0.717, 1.165) is 5.39 Å². The highest BCUT2D eigenvalue weighted by Crippen LogP contribution is 2.21. The van der Waals surface area contributed by atoms with E-state index >= 15 is 0 Å². The lowest BCUT2D eigenvalue weighted by atomic mass is 10.1. The topological polar surface area (TPSA) is 101 Å². The fourth-order valence-electron chi connectivity index (χ4n) is 2.49. The van der Waals surface area contributed by atoms with E-state index in [0.29, 0.717) is 27.5 Å². The number of carbonyl (C=O) groups is 1. The third-order valence-electron chi connectivity index (χ3n) is 3.69. The smallest absolute Gasteiger partial charge is 0.254 e. The van der Waals surface area contributed by atoms with Gasteiger partial charge in [0, 0.05) is 28.4 Å². The average Bonchev–Trinajstić information content (AvgIpc) is 2.54. The summed E-state index contributed by atoms with van der Waals surface area (Å²) in [6, 6.07) is 10.0. The lowest BCUT2D eigenvalue weighted by Crippen LogP contribution is -2.20. The zero-order valence-electron chi connectivity index (χ0n) is 12.8. The Bertz CT molecular complexity index is 984. The molecule has 4 N–H and O–H groups in total. The van der Waals surface area contributed by atoms with E-state index in [2.05, 4.69) is 15.3 Å². The number of halogens is 1. The standard InChI is InChI=1S/C17H15ClN4O2/c1-9(21-13-4-2-3-10(6-13)15(19)23)14-7-11-5-12(18)8-20-16(11)22-17(14)24/h2-9,21H,1H3,(H2,19,23)(H,20,22,24). The summed E-state index contributed by atoms with van der Waals surface area (Å²) >= 11 is 5.95. The van der Waals surface area contributed by atoms with Gasteiger partial charge in [-0.15, -0.1) is 0 Å². The Morgan fingerprint density at radius 1 is 1.33 bits per heavy atom. The molecule has 0 spiro atoms. The number of hydrogen-bond acceptors (Lipinski definition) is 4. The maximum Gasteiger partial charge on any atom is 0.254 e. The first-order valence-corrected chi connectivity index (χ1v) is 7.67. The van der Waals surface area contributed by atoms with Gasteiger partial charge in [0.1, 0.15) is 5.65 Å². The van der Waals surface area contributed by atoms with Crippen LogP contribution in [0.1, 0.15) is 28.9 Å². The summed E-state index contributed by atoms with van der Waals surface area (Å²) in [4.78, 5) is 30.4. The summed E-state index contributed by atoms with van der Waals surface area (Å²) < 4.78 is 0. The number of H-pyrrole nitrogens is 1. The van der Waals surface area contributed by atoms with Crippen LogP contribution in [0.15, 0.2) is 47.4 Å². The van der Waals surface area contributed by atoms with Crippen molar-refractivity contribution in [1.82, 2.24) is 9.97 Å². The minimum Gasteiger partial charge on any atom is -0.378 e. The van der Waals surface area contributed by atoms with Crippen molar-refractivity contribution >= 4 is 34.2 Å². The number of rotatable bonds is 4. The Kier molecular flexibility index (Phi) is 4.22. The molecule has 0 bridgehead atoms. The molecule has 0 saturated carbocycles. The van der Waals surface area contributed by atoms with Crippen molar-refractivity contribution in [3.8, 4) is 0 Å². The van der Waals surface area contributed by atoms with Crippen LogP contribution in [0, 0.1) is 0 Å². The van der Waals surface area contributed by atoms with Gasteiger partial charge in [-0.25, -0.2) is 4.98 Å². The van der Waals surface area contributed by atoms with Crippen LogP contribution in [0.2, 0.25) is 5.02 Å². The van der Waals surface area contributed by atoms with Gasteiger partial charge in [0.2, 0.25) is 5.91 Å². The highest BCUT2D eigenvalue weighted by Gasteiger charge is 2.12. The van der Waals surface area contributed by atoms with Gasteiger partial charge < -0.3 is 16.0 Å². The Labute approximate surface area is 142 Å². The molecule has 0 saturated heterocycles. The highest BCUT2D eigenvalue weighted by molar-refractivity contribution is 6.31. The molecule has 0 aliphatic carbocycles. The van der Waals surface area contributed by atoms with Gasteiger partial charge in [0.25, 0.3) is 5.56 Å². The number of nitrogens with one attached hydrogen (secondary N) is 2. The van der Waals surface area contributed by atoms with Gasteiger partial charge in [0.15, 0.2) is 0 Å². The number of aromatic amines is 1. The van der Waals surface area contributed by atoms with Crippen molar-refractivity contribution in [1.29, 1.82) is 0 Å². The van der Waals surface area contributed by atoms with Gasteiger partial charge in [0.05, 0.1) is 11.1 Å². The molecule has 2 aromatic heterocycles. The van der Waals surface area contributed by atoms with E-state index < -0.39 is 5.91 Å². The second kappa shape index (κ2) is 6.33. The first kappa shape index (κ1) is 16.0. The number of anilines is 1. The van der Waals surface area contributed by atoms with Gasteiger partial charge in [-0.3, -0.25) is 9.59 Å². The zero-order valence-corrected chi connectivity index (χ0v) is 13.6. The van der Waals surface area contributed by atoms with Crippen molar-refractivity contribution in [2.24, 2.45) is 5.73 Å². The molecule has 0 aliphatic rings. The highest BCUT2D eigenvalue weighted by atomic mass is 35.5. The predicted molar refractivity (Wildman–Crippen MR) is 94.4 cm³/mol. The number of aromatic nitrogens is 2. The Hall–Kier alpha value is -2.86. The molecule has 1 aromatic carbocycles. The van der Waals surface area contributed by atoms with Gasteiger partial charge in [-0.05, 0) is 37.3 Å². The minimum absolute atomic E-state index is 0.233. The maximum absolute atomic E-state index is 12.3. The van der Waals surface area contributed by atoms with Crippen molar-refractivity contribution in [2.75, 3.05) is 5.32 Å². The van der Waals surface area contributed by atoms with E-state index in [1.165, 1.54) is 6.20 Å². The molecule has 3 aromatic rings. The number of carbonyl (C=O) groups excluding carboxylic acids is 1. The quantitative estimate of drug-likeness (QED) is 0.678. The summed E-state index contributed by atoms with van der Waals surface area (Å²) in [6.45, 7) is 1.85. The molecular formula is C17H15ClN4O2. The first-order chi connectivity index (χ1) is 11.4. The predicted octanol–water partition coefficient (Wildman–Crippen LogP) is 2.85. The number of fused-ring (bicyclic) bond motifs is 1. The van der Waals surface area contributed by atoms with Crippen LogP contribution < -0.4 is 16.6 Å². The molecule has 0 fully saturated rings. The summed E-state index contributed by atoms with van der Waals surface area (Å²) in [5.74, 6) is -0.504. The maximum atomic E-state index is 12.3. The van der Waals surface area contributed by atoms with E-state index in [4.69, 9.17) is 17.3 Å². The molecule has 24 heavy (non-hydrogen) atoms. The largest absolute Gasteiger partial charge is 0.378 e. The van der Waals surface area contributed by atoms with Crippen LogP contribution in [0.4, 0.5) is 5.69 Å². The number of benzene rings is 1. The molecule has 1 unspecified atom stereocenters. The second-order valence-electron chi connectivity index (χ2n) is 5.46. The lowest BCUT2D eigenvalue weighted by Gasteiger charge is -2.16. The fraction of sp³-hybridized carbons (Fsp3) is 0.118. The van der Waals surface area contributed by atoms with Crippen LogP contribution in [-0.2, 0) is 0 Å². The zero-order chi connectivity index (χ0) is 17.3. The summed E-state index contributed by atoms with van der Waals surface area (Å²) in [7, 11) is 0. The summed E-state index contributed by atoms with van der Waals surface area (Å²) in [5.41, 5.74) is 7.17. The van der Waals surface area contributed by atoms with Crippen molar-refractivity contribution in [2.45, 2.75) is 13.0 Å². The molecular weight excluding hydrogens is 328 g/mol. The number of primary amides is 1. The van der Waals surface area contributed by atoms with Gasteiger partial charge in [-0.1, -0.05) is 17.7 Å². The van der Waals surface area contributed by atoms with Crippen LogP contribution in [-0.4, -0.2) is 15.9 Å². The number of nitrogens with two attached hydrogens (primary N) is 1. The van der Waals surface area contributed by atoms with E-state index in [1.807, 2.05) is 6.92 Å². The molecule has 0 radical (unpaired) electrons. The van der Waals surface area contributed by atoms with Crippen molar-refractivity contribution in [3.05, 3.63) is 69.1 Å². The number of hydrogen-bond donors (Lipinski definition) is 3. The van der Waals surface area contributed by atoms with Crippen LogP contribution in [0.25, 0.3) is 11.0 Å². The summed E-state index contributed by atoms with van der Waals surface area (Å²) in [6.07, 6.45) is 1.48. The molecule has 1 atom stereocenters. The van der Waals surface area contributed by atoms with Crippen LogP contribution in [0.3, 0.4) is 0 Å². The Morgan fingerprint density at radius 3 is 2.88 bits per heavy atom. The first-order valence-electron chi connectivity index (χ1n) is 7.29. The Balaban J connectivity index is 1.95. The molecule has 0 aliphatic heterocycles. The minimum atomic E-state index is -0.504.